The molecule has 11 aromatic rings. The van der Waals surface area contributed by atoms with Crippen molar-refractivity contribution in [2.75, 3.05) is 0 Å². The number of benzene rings is 10. The lowest BCUT2D eigenvalue weighted by Gasteiger charge is -2.33. The van der Waals surface area contributed by atoms with Gasteiger partial charge in [0.15, 0.2) is 0 Å². The van der Waals surface area contributed by atoms with E-state index in [4.69, 9.17) is 9.41 Å². The summed E-state index contributed by atoms with van der Waals surface area (Å²) < 4.78 is 6.97. The molecule has 1 aliphatic carbocycles. The first kappa shape index (κ1) is 38.4. The van der Waals surface area contributed by atoms with Crippen LogP contribution in [0.3, 0.4) is 0 Å². The smallest absolute Gasteiger partial charge is 0.139 e. The molecule has 0 saturated heterocycles. The fourth-order valence-corrected chi connectivity index (χ4v) is 10.6. The number of para-hydroxylation sites is 1. The van der Waals surface area contributed by atoms with Crippen LogP contribution in [-0.4, -0.2) is 5.84 Å². The summed E-state index contributed by atoms with van der Waals surface area (Å²) in [4.78, 5) is 5.55. The highest BCUT2D eigenvalue weighted by Gasteiger charge is 2.31. The van der Waals surface area contributed by atoms with E-state index < -0.39 is 0 Å². The van der Waals surface area contributed by atoms with Crippen LogP contribution >= 0.6 is 0 Å². The first-order chi connectivity index (χ1) is 32.7. The normalized spacial score (nSPS) is 17.0. The van der Waals surface area contributed by atoms with Crippen LogP contribution in [0.1, 0.15) is 58.1 Å². The minimum absolute atomic E-state index is 0.0557. The van der Waals surface area contributed by atoms with Gasteiger partial charge in [0.2, 0.25) is 0 Å². The minimum atomic E-state index is -0.366. The molecule has 10 aromatic carbocycles. The fourth-order valence-electron chi connectivity index (χ4n) is 10.6. The second-order valence-electron chi connectivity index (χ2n) is 17.9. The second kappa shape index (κ2) is 15.9. The largest absolute Gasteiger partial charge is 0.456 e. The Hall–Kier alpha value is -8.05. The highest BCUT2D eigenvalue weighted by molar-refractivity contribution is 6.07. The Balaban J connectivity index is 0.982. The van der Waals surface area contributed by atoms with E-state index in [-0.39, 0.29) is 18.2 Å². The van der Waals surface area contributed by atoms with E-state index in [0.29, 0.717) is 0 Å². The summed E-state index contributed by atoms with van der Waals surface area (Å²) >= 11 is 0. The highest BCUT2D eigenvalue weighted by atomic mass is 16.3. The Morgan fingerprint density at radius 3 is 1.70 bits per heavy atom. The van der Waals surface area contributed by atoms with Crippen molar-refractivity contribution in [1.29, 1.82) is 0 Å². The van der Waals surface area contributed by atoms with Crippen LogP contribution in [0.15, 0.2) is 228 Å². The van der Waals surface area contributed by atoms with Crippen molar-refractivity contribution in [1.82, 2.24) is 10.6 Å². The molecule has 314 valence electrons. The maximum atomic E-state index is 6.97. The molecule has 0 spiro atoms. The van der Waals surface area contributed by atoms with E-state index in [1.165, 1.54) is 71.6 Å². The summed E-state index contributed by atoms with van der Waals surface area (Å²) in [7, 11) is 0. The van der Waals surface area contributed by atoms with Gasteiger partial charge >= 0.3 is 0 Å². The Morgan fingerprint density at radius 1 is 0.439 bits per heavy atom. The summed E-state index contributed by atoms with van der Waals surface area (Å²) in [5, 5.41) is 15.1. The van der Waals surface area contributed by atoms with Crippen LogP contribution < -0.4 is 10.6 Å². The Kier molecular flexibility index (Phi) is 9.24. The van der Waals surface area contributed by atoms with Crippen LogP contribution in [0.25, 0.3) is 76.9 Å². The van der Waals surface area contributed by atoms with Crippen LogP contribution in [0.2, 0.25) is 0 Å². The van der Waals surface area contributed by atoms with Gasteiger partial charge in [-0.25, -0.2) is 4.99 Å². The molecular formula is C62H45N3O. The average Bonchev–Trinajstić information content (AvgIpc) is 3.70. The van der Waals surface area contributed by atoms with Crippen molar-refractivity contribution in [3.05, 3.63) is 252 Å². The summed E-state index contributed by atoms with van der Waals surface area (Å²) in [5.74, 6) is 0.906. The molecule has 0 radical (unpaired) electrons. The number of nitrogens with one attached hydrogen (secondary N) is 2. The quantitative estimate of drug-likeness (QED) is 0.175. The Labute approximate surface area is 383 Å². The molecule has 1 aliphatic heterocycles. The SMILES string of the molecule is c1ccc(-c2ccc(C3=NC(c4cc(C5CCc6cc7ccccc7cc6-c6cc7ccccc7cc65)c5oc6ccccc6c5c4)NC(c4ccc(-c5ccccc5)cc4)N3)cc2)cc1. The number of hydrogen-bond donors (Lipinski definition) is 2. The standard InChI is InChI=1S/C62H45N3O/c1-3-13-39(14-4-1)41-23-27-43(28-24-41)60-63-61(44-29-25-42(26-30-44)40-15-5-2-6-16-40)65-62(64-60)50-37-56(59-57(38-50)52-21-11-12-22-58(52)66-59)51-32-31-49-33-45-17-7-8-18-46(45)34-53(49)55-36-48-20-10-9-19-47(48)35-54(51)55/h1-30,33-38,51,60,62,64H,31-32H2,(H,63,65). The maximum Gasteiger partial charge on any atom is 0.139 e. The third kappa shape index (κ3) is 6.77. The summed E-state index contributed by atoms with van der Waals surface area (Å²) in [6.45, 7) is 0. The predicted molar refractivity (Wildman–Crippen MR) is 273 cm³/mol. The molecule has 2 heterocycles. The van der Waals surface area contributed by atoms with Crippen LogP contribution in [-0.2, 0) is 6.42 Å². The number of furan rings is 1. The van der Waals surface area contributed by atoms with E-state index in [9.17, 15) is 0 Å². The van der Waals surface area contributed by atoms with Gasteiger partial charge in [-0.2, -0.15) is 0 Å². The number of aryl methyl sites for hydroxylation is 1. The predicted octanol–water partition coefficient (Wildman–Crippen LogP) is 15.3. The highest BCUT2D eigenvalue weighted by Crippen LogP contribution is 2.48. The Bertz CT molecular complexity index is 3650. The number of aliphatic imine (C=N–C) groups is 1. The molecule has 2 N–H and O–H groups in total. The van der Waals surface area contributed by atoms with Crippen LogP contribution in [0, 0.1) is 0 Å². The molecule has 1 aromatic heterocycles. The zero-order chi connectivity index (χ0) is 43.6. The van der Waals surface area contributed by atoms with Gasteiger partial charge in [-0.05, 0) is 126 Å². The van der Waals surface area contributed by atoms with Crippen molar-refractivity contribution >= 4 is 49.3 Å². The molecule has 3 unspecified atom stereocenters. The molecule has 4 nitrogen and oxygen atoms in total. The lowest BCUT2D eigenvalue weighted by atomic mass is 9.82. The molecule has 0 amide bonds. The fraction of sp³-hybridized carbons (Fsp3) is 0.0806. The monoisotopic (exact) mass is 847 g/mol. The van der Waals surface area contributed by atoms with Crippen molar-refractivity contribution in [3.8, 4) is 33.4 Å². The van der Waals surface area contributed by atoms with Crippen LogP contribution in [0.4, 0.5) is 0 Å². The molecule has 2 aliphatic rings. The van der Waals surface area contributed by atoms with E-state index >= 15 is 0 Å². The zero-order valence-electron chi connectivity index (χ0n) is 36.3. The lowest BCUT2D eigenvalue weighted by Crippen LogP contribution is -2.45. The lowest BCUT2D eigenvalue weighted by molar-refractivity contribution is 0.409. The second-order valence-corrected chi connectivity index (χ2v) is 17.9. The van der Waals surface area contributed by atoms with Gasteiger partial charge in [0.25, 0.3) is 0 Å². The van der Waals surface area contributed by atoms with E-state index in [0.717, 1.165) is 57.3 Å². The minimum Gasteiger partial charge on any atom is -0.456 e. The van der Waals surface area contributed by atoms with Gasteiger partial charge in [-0.15, -0.1) is 0 Å². The van der Waals surface area contributed by atoms with Gasteiger partial charge in [-0.1, -0.05) is 182 Å². The molecule has 0 bridgehead atoms. The molecule has 66 heavy (non-hydrogen) atoms. The first-order valence-corrected chi connectivity index (χ1v) is 23.1. The van der Waals surface area contributed by atoms with Crippen molar-refractivity contribution in [2.45, 2.75) is 31.1 Å². The molecule has 4 heteroatoms. The van der Waals surface area contributed by atoms with Gasteiger partial charge in [0.05, 0.1) is 0 Å². The molecule has 3 atom stereocenters. The summed E-state index contributed by atoms with van der Waals surface area (Å²) in [6.07, 6.45) is 1.30. The van der Waals surface area contributed by atoms with E-state index in [1.54, 1.807) is 0 Å². The summed E-state index contributed by atoms with van der Waals surface area (Å²) in [6, 6.07) is 79.3. The molecule has 0 saturated carbocycles. The topological polar surface area (TPSA) is 49.6 Å². The average molecular weight is 848 g/mol. The number of amidine groups is 1. The van der Waals surface area contributed by atoms with Gasteiger partial charge in [-0.3, -0.25) is 5.32 Å². The molecule has 0 fully saturated rings. The summed E-state index contributed by atoms with van der Waals surface area (Å²) in [5.41, 5.74) is 16.4. The molecular weight excluding hydrogens is 803 g/mol. The van der Waals surface area contributed by atoms with Crippen molar-refractivity contribution in [3.63, 3.8) is 0 Å². The van der Waals surface area contributed by atoms with Crippen LogP contribution in [0.5, 0.6) is 0 Å². The number of hydrogen-bond acceptors (Lipinski definition) is 4. The number of nitrogens with zero attached hydrogens (tertiary/aromatic N) is 1. The zero-order valence-corrected chi connectivity index (χ0v) is 36.3. The third-order valence-electron chi connectivity index (χ3n) is 14.0. The van der Waals surface area contributed by atoms with Gasteiger partial charge < -0.3 is 9.73 Å². The number of fused-ring (bicyclic) bond motifs is 8. The van der Waals surface area contributed by atoms with E-state index in [1.807, 2.05) is 0 Å². The third-order valence-corrected chi connectivity index (χ3v) is 14.0. The Morgan fingerprint density at radius 2 is 1.00 bits per heavy atom. The first-order valence-electron chi connectivity index (χ1n) is 23.1. The number of rotatable bonds is 6. The van der Waals surface area contributed by atoms with E-state index in [2.05, 4.69) is 229 Å². The van der Waals surface area contributed by atoms with Crippen molar-refractivity contribution in [2.24, 2.45) is 4.99 Å². The van der Waals surface area contributed by atoms with Gasteiger partial charge in [0, 0.05) is 27.8 Å². The maximum absolute atomic E-state index is 6.97. The van der Waals surface area contributed by atoms with Gasteiger partial charge in [0.1, 0.15) is 29.3 Å². The van der Waals surface area contributed by atoms with Crippen molar-refractivity contribution < 1.29 is 4.42 Å². The molecule has 13 rings (SSSR count).